The molecule has 0 fully saturated rings. The molecule has 0 aliphatic rings. The zero-order chi connectivity index (χ0) is 24.3. The van der Waals surface area contributed by atoms with Crippen molar-refractivity contribution < 1.29 is 0 Å². The van der Waals surface area contributed by atoms with Crippen LogP contribution in [0.25, 0.3) is 10.8 Å². The van der Waals surface area contributed by atoms with Crippen LogP contribution in [0.3, 0.4) is 0 Å². The first kappa shape index (κ1) is 31.8. The molecule has 0 radical (unpaired) electrons. The van der Waals surface area contributed by atoms with E-state index in [1.165, 1.54) is 41.2 Å². The van der Waals surface area contributed by atoms with Crippen molar-refractivity contribution in [1.29, 1.82) is 0 Å². The third kappa shape index (κ3) is 13.0. The van der Waals surface area contributed by atoms with Gasteiger partial charge in [-0.15, -0.1) is 12.4 Å². The van der Waals surface area contributed by atoms with Crippen LogP contribution in [0.4, 0.5) is 0 Å². The Balaban J connectivity index is 0.00000612. The number of benzene rings is 2. The van der Waals surface area contributed by atoms with Gasteiger partial charge in [-0.3, -0.25) is 4.90 Å². The van der Waals surface area contributed by atoms with Gasteiger partial charge in [-0.25, -0.2) is 0 Å². The zero-order valence-corrected chi connectivity index (χ0v) is 22.6. The highest BCUT2D eigenvalue weighted by Gasteiger charge is 2.10. The van der Waals surface area contributed by atoms with Gasteiger partial charge in [0.1, 0.15) is 0 Å². The van der Waals surface area contributed by atoms with Crippen molar-refractivity contribution in [3.63, 3.8) is 0 Å². The zero-order valence-electron chi connectivity index (χ0n) is 21.8. The van der Waals surface area contributed by atoms with Crippen LogP contribution in [0.1, 0.15) is 62.5 Å². The first-order chi connectivity index (χ1) is 16.8. The van der Waals surface area contributed by atoms with Crippen molar-refractivity contribution in [2.75, 3.05) is 52.4 Å². The summed E-state index contributed by atoms with van der Waals surface area (Å²) in [5.74, 6) is 0. The standard InChI is InChI=1S/C28H50N6.ClH/c29-15-3-6-18-32-19-7-8-20-33-23-25-13-14-26(28-12-2-1-11-27(25)28)24-34(21-9-4-16-30)22-10-5-17-31;/h1-2,11-14,32-33H,3-10,15-24,29-31H2;1H. The molecule has 7 heteroatoms. The number of nitrogens with zero attached hydrogens (tertiary/aromatic N) is 1. The largest absolute Gasteiger partial charge is 0.330 e. The highest BCUT2D eigenvalue weighted by atomic mass is 35.5. The molecule has 35 heavy (non-hydrogen) atoms. The fourth-order valence-electron chi connectivity index (χ4n) is 4.43. The van der Waals surface area contributed by atoms with Gasteiger partial charge >= 0.3 is 0 Å². The predicted octanol–water partition coefficient (Wildman–Crippen LogP) is 3.74. The topological polar surface area (TPSA) is 105 Å². The van der Waals surface area contributed by atoms with Crippen LogP contribution in [-0.4, -0.2) is 57.3 Å². The number of nitrogens with one attached hydrogen (secondary N) is 2. The fraction of sp³-hybridized carbons (Fsp3) is 0.643. The van der Waals surface area contributed by atoms with E-state index in [1.807, 2.05) is 0 Å². The molecule has 0 heterocycles. The Morgan fingerprint density at radius 3 is 1.66 bits per heavy atom. The van der Waals surface area contributed by atoms with Gasteiger partial charge in [-0.1, -0.05) is 36.4 Å². The maximum Gasteiger partial charge on any atom is 0.0239 e. The van der Waals surface area contributed by atoms with Crippen LogP contribution < -0.4 is 27.8 Å². The van der Waals surface area contributed by atoms with E-state index in [2.05, 4.69) is 51.9 Å². The Morgan fingerprint density at radius 1 is 0.571 bits per heavy atom. The van der Waals surface area contributed by atoms with Crippen molar-refractivity contribution >= 4 is 23.2 Å². The molecule has 0 aliphatic heterocycles. The minimum atomic E-state index is 0. The molecule has 2 aromatic rings. The van der Waals surface area contributed by atoms with Gasteiger partial charge in [0.25, 0.3) is 0 Å². The molecule has 6 nitrogen and oxygen atoms in total. The first-order valence-electron chi connectivity index (χ1n) is 13.5. The molecule has 8 N–H and O–H groups in total. The molecule has 0 saturated carbocycles. The van der Waals surface area contributed by atoms with Crippen LogP contribution in [0.5, 0.6) is 0 Å². The lowest BCUT2D eigenvalue weighted by atomic mass is 9.98. The second-order valence-electron chi connectivity index (χ2n) is 9.33. The van der Waals surface area contributed by atoms with Crippen LogP contribution in [0.2, 0.25) is 0 Å². The highest BCUT2D eigenvalue weighted by Crippen LogP contribution is 2.24. The molecule has 200 valence electrons. The van der Waals surface area contributed by atoms with E-state index in [4.69, 9.17) is 17.2 Å². The van der Waals surface area contributed by atoms with Crippen LogP contribution in [-0.2, 0) is 13.1 Å². The van der Waals surface area contributed by atoms with E-state index in [0.29, 0.717) is 0 Å². The maximum absolute atomic E-state index is 5.73. The molecule has 2 aromatic carbocycles. The number of hydrogen-bond donors (Lipinski definition) is 5. The van der Waals surface area contributed by atoms with Crippen LogP contribution in [0.15, 0.2) is 36.4 Å². The summed E-state index contributed by atoms with van der Waals surface area (Å²) in [6.07, 6.45) is 9.18. The monoisotopic (exact) mass is 506 g/mol. The quantitative estimate of drug-likeness (QED) is 0.165. The van der Waals surface area contributed by atoms with Gasteiger partial charge in [-0.2, -0.15) is 0 Å². The van der Waals surface area contributed by atoms with E-state index in [1.54, 1.807) is 0 Å². The average molecular weight is 507 g/mol. The van der Waals surface area contributed by atoms with E-state index in [9.17, 15) is 0 Å². The summed E-state index contributed by atoms with van der Waals surface area (Å²) in [6, 6.07) is 13.5. The van der Waals surface area contributed by atoms with Crippen LogP contribution in [0, 0.1) is 0 Å². The Bertz CT molecular complexity index is 762. The molecular formula is C28H51ClN6. The Morgan fingerprint density at radius 2 is 1.06 bits per heavy atom. The van der Waals surface area contributed by atoms with Gasteiger partial charge in [0, 0.05) is 13.1 Å². The third-order valence-corrected chi connectivity index (χ3v) is 6.44. The number of unbranched alkanes of at least 4 members (excludes halogenated alkanes) is 4. The number of nitrogens with two attached hydrogens (primary N) is 3. The molecule has 0 aliphatic carbocycles. The van der Waals surface area contributed by atoms with Crippen molar-refractivity contribution in [3.8, 4) is 0 Å². The maximum atomic E-state index is 5.73. The SMILES string of the molecule is Cl.NCCCCNCCCCNCc1ccc(CN(CCCCN)CCCCN)c2ccccc12. The van der Waals surface area contributed by atoms with Crippen LogP contribution >= 0.6 is 12.4 Å². The highest BCUT2D eigenvalue weighted by molar-refractivity contribution is 5.88. The summed E-state index contributed by atoms with van der Waals surface area (Å²) in [5, 5.41) is 9.92. The molecule has 0 saturated heterocycles. The van der Waals surface area contributed by atoms with E-state index in [0.717, 1.165) is 97.6 Å². The number of hydrogen-bond acceptors (Lipinski definition) is 6. The number of rotatable bonds is 21. The average Bonchev–Trinajstić information content (AvgIpc) is 2.86. The summed E-state index contributed by atoms with van der Waals surface area (Å²) in [5.41, 5.74) is 19.8. The predicted molar refractivity (Wildman–Crippen MR) is 155 cm³/mol. The third-order valence-electron chi connectivity index (χ3n) is 6.44. The fourth-order valence-corrected chi connectivity index (χ4v) is 4.43. The summed E-state index contributed by atoms with van der Waals surface area (Å²) in [6.45, 7) is 9.67. The summed E-state index contributed by atoms with van der Waals surface area (Å²) in [4.78, 5) is 2.58. The smallest absolute Gasteiger partial charge is 0.0239 e. The minimum absolute atomic E-state index is 0. The molecule has 2 rings (SSSR count). The van der Waals surface area contributed by atoms with Gasteiger partial charge in [-0.05, 0) is 126 Å². The summed E-state index contributed by atoms with van der Waals surface area (Å²) in [7, 11) is 0. The normalized spacial score (nSPS) is 11.3. The van der Waals surface area contributed by atoms with Crippen molar-refractivity contribution in [2.24, 2.45) is 17.2 Å². The number of halogens is 1. The summed E-state index contributed by atoms with van der Waals surface area (Å²) < 4.78 is 0. The molecule has 0 bridgehead atoms. The Kier molecular flexibility index (Phi) is 19.0. The van der Waals surface area contributed by atoms with Crippen molar-refractivity contribution in [3.05, 3.63) is 47.5 Å². The minimum Gasteiger partial charge on any atom is -0.330 e. The van der Waals surface area contributed by atoms with E-state index < -0.39 is 0 Å². The van der Waals surface area contributed by atoms with Gasteiger partial charge in [0.2, 0.25) is 0 Å². The molecule has 0 spiro atoms. The molecule has 0 atom stereocenters. The molecular weight excluding hydrogens is 456 g/mol. The lowest BCUT2D eigenvalue weighted by Gasteiger charge is -2.23. The molecule has 0 amide bonds. The van der Waals surface area contributed by atoms with Crippen molar-refractivity contribution in [2.45, 2.75) is 64.5 Å². The lowest BCUT2D eigenvalue weighted by Crippen LogP contribution is -2.26. The second-order valence-corrected chi connectivity index (χ2v) is 9.33. The summed E-state index contributed by atoms with van der Waals surface area (Å²) >= 11 is 0. The first-order valence-corrected chi connectivity index (χ1v) is 13.5. The molecule has 0 unspecified atom stereocenters. The Labute approximate surface area is 220 Å². The van der Waals surface area contributed by atoms with Crippen molar-refractivity contribution in [1.82, 2.24) is 15.5 Å². The van der Waals surface area contributed by atoms with Gasteiger partial charge in [0.15, 0.2) is 0 Å². The second kappa shape index (κ2) is 20.9. The van der Waals surface area contributed by atoms with E-state index in [-0.39, 0.29) is 12.4 Å². The lowest BCUT2D eigenvalue weighted by molar-refractivity contribution is 0.256. The molecule has 0 aromatic heterocycles. The Hall–Kier alpha value is -1.25. The number of fused-ring (bicyclic) bond motifs is 1. The van der Waals surface area contributed by atoms with E-state index >= 15 is 0 Å². The van der Waals surface area contributed by atoms with Gasteiger partial charge < -0.3 is 27.8 Å². The van der Waals surface area contributed by atoms with Gasteiger partial charge in [0.05, 0.1) is 0 Å².